The van der Waals surface area contributed by atoms with E-state index in [1.807, 2.05) is 49.1 Å². The second-order valence-corrected chi connectivity index (χ2v) is 9.01. The fourth-order valence-corrected chi connectivity index (χ4v) is 5.05. The number of piperidine rings is 1. The number of para-hydroxylation sites is 1. The molecule has 1 aliphatic rings. The molecule has 2 aromatic carbocycles. The summed E-state index contributed by atoms with van der Waals surface area (Å²) in [6.07, 6.45) is 3.29. The largest absolute Gasteiger partial charge is 0.339 e. The third-order valence-electron chi connectivity index (χ3n) is 5.79. The van der Waals surface area contributed by atoms with Gasteiger partial charge in [0.1, 0.15) is 0 Å². The number of aryl methyl sites for hydroxylation is 2. The number of rotatable bonds is 4. The van der Waals surface area contributed by atoms with E-state index in [1.54, 1.807) is 10.6 Å². The Balaban J connectivity index is 1.74. The van der Waals surface area contributed by atoms with Gasteiger partial charge in [-0.2, -0.15) is 0 Å². The van der Waals surface area contributed by atoms with E-state index in [-0.39, 0.29) is 23.3 Å². The average Bonchev–Trinajstić information content (AvgIpc) is 2.73. The first-order valence-corrected chi connectivity index (χ1v) is 11.5. The van der Waals surface area contributed by atoms with Gasteiger partial charge in [0.15, 0.2) is 5.16 Å². The summed E-state index contributed by atoms with van der Waals surface area (Å²) in [5, 5.41) is 1.14. The van der Waals surface area contributed by atoms with Gasteiger partial charge in [-0.15, -0.1) is 0 Å². The van der Waals surface area contributed by atoms with Crippen LogP contribution in [0.2, 0.25) is 0 Å². The first-order valence-electron chi connectivity index (χ1n) is 10.5. The summed E-state index contributed by atoms with van der Waals surface area (Å²) < 4.78 is 1.66. The van der Waals surface area contributed by atoms with Gasteiger partial charge in [-0.25, -0.2) is 4.98 Å². The molecule has 0 radical (unpaired) electrons. The van der Waals surface area contributed by atoms with Crippen LogP contribution < -0.4 is 5.56 Å². The van der Waals surface area contributed by atoms with Gasteiger partial charge in [0.2, 0.25) is 5.91 Å². The van der Waals surface area contributed by atoms with E-state index in [4.69, 9.17) is 4.98 Å². The number of amides is 1. The molecule has 5 nitrogen and oxygen atoms in total. The van der Waals surface area contributed by atoms with Crippen LogP contribution in [0, 0.1) is 13.8 Å². The van der Waals surface area contributed by atoms with Crippen molar-refractivity contribution < 1.29 is 4.79 Å². The maximum Gasteiger partial charge on any atom is 0.266 e. The molecule has 1 unspecified atom stereocenters. The molecule has 156 valence electrons. The van der Waals surface area contributed by atoms with Gasteiger partial charge in [0.25, 0.3) is 5.56 Å². The second kappa shape index (κ2) is 8.64. The van der Waals surface area contributed by atoms with E-state index in [9.17, 15) is 9.59 Å². The van der Waals surface area contributed by atoms with Crippen molar-refractivity contribution in [3.63, 3.8) is 0 Å². The van der Waals surface area contributed by atoms with Gasteiger partial charge in [0, 0.05) is 12.6 Å². The van der Waals surface area contributed by atoms with Crippen molar-refractivity contribution in [1.29, 1.82) is 0 Å². The highest BCUT2D eigenvalue weighted by Crippen LogP contribution is 2.25. The Morgan fingerprint density at radius 1 is 1.17 bits per heavy atom. The standard InChI is InChI=1S/C24H27N3O2S/c1-16-11-12-21(17(2)14-16)27-23(29)19-9-4-5-10-20(19)25-24(27)30-15-22(28)26-13-7-6-8-18(26)3/h4-5,9-12,14,18H,6-8,13,15H2,1-3H3. The summed E-state index contributed by atoms with van der Waals surface area (Å²) in [5.41, 5.74) is 3.51. The first kappa shape index (κ1) is 20.7. The minimum absolute atomic E-state index is 0.103. The number of thioether (sulfide) groups is 1. The van der Waals surface area contributed by atoms with Crippen LogP contribution in [0.1, 0.15) is 37.3 Å². The number of hydrogen-bond acceptors (Lipinski definition) is 4. The molecule has 1 aromatic heterocycles. The van der Waals surface area contributed by atoms with Crippen molar-refractivity contribution in [2.75, 3.05) is 12.3 Å². The molecule has 1 aliphatic heterocycles. The van der Waals surface area contributed by atoms with Gasteiger partial charge < -0.3 is 4.90 Å². The van der Waals surface area contributed by atoms with Crippen LogP contribution in [-0.4, -0.2) is 38.7 Å². The first-order chi connectivity index (χ1) is 14.5. The number of carbonyl (C=O) groups is 1. The van der Waals surface area contributed by atoms with E-state index in [0.29, 0.717) is 16.1 Å². The number of fused-ring (bicyclic) bond motifs is 1. The Labute approximate surface area is 181 Å². The molecule has 1 saturated heterocycles. The quantitative estimate of drug-likeness (QED) is 0.460. The van der Waals surface area contributed by atoms with Gasteiger partial charge in [0.05, 0.1) is 22.3 Å². The topological polar surface area (TPSA) is 55.2 Å². The van der Waals surface area contributed by atoms with Crippen molar-refractivity contribution in [2.24, 2.45) is 0 Å². The lowest BCUT2D eigenvalue weighted by atomic mass is 10.0. The molecule has 2 heterocycles. The Morgan fingerprint density at radius 2 is 1.97 bits per heavy atom. The smallest absolute Gasteiger partial charge is 0.266 e. The zero-order valence-corrected chi connectivity index (χ0v) is 18.5. The second-order valence-electron chi connectivity index (χ2n) is 8.06. The van der Waals surface area contributed by atoms with Crippen molar-refractivity contribution in [2.45, 2.75) is 51.2 Å². The number of hydrogen-bond donors (Lipinski definition) is 0. The molecule has 1 atom stereocenters. The number of carbonyl (C=O) groups excluding carboxylic acids is 1. The third kappa shape index (κ3) is 4.01. The molecule has 0 saturated carbocycles. The molecule has 0 aliphatic carbocycles. The fourth-order valence-electron chi connectivity index (χ4n) is 4.16. The minimum Gasteiger partial charge on any atom is -0.339 e. The summed E-state index contributed by atoms with van der Waals surface area (Å²) in [4.78, 5) is 33.0. The molecule has 0 bridgehead atoms. The van der Waals surface area contributed by atoms with E-state index >= 15 is 0 Å². The van der Waals surface area contributed by atoms with Crippen molar-refractivity contribution in [3.8, 4) is 5.69 Å². The van der Waals surface area contributed by atoms with Crippen LogP contribution >= 0.6 is 11.8 Å². The van der Waals surface area contributed by atoms with E-state index in [2.05, 4.69) is 13.0 Å². The Morgan fingerprint density at radius 3 is 2.73 bits per heavy atom. The van der Waals surface area contributed by atoms with Gasteiger partial charge in [-0.1, -0.05) is 41.6 Å². The van der Waals surface area contributed by atoms with Gasteiger partial charge in [-0.05, 0) is 63.8 Å². The highest BCUT2D eigenvalue weighted by atomic mass is 32.2. The van der Waals surface area contributed by atoms with Crippen LogP contribution in [0.15, 0.2) is 52.4 Å². The molecular formula is C24H27N3O2S. The zero-order chi connectivity index (χ0) is 21.3. The van der Waals surface area contributed by atoms with Crippen LogP contribution in [0.4, 0.5) is 0 Å². The minimum atomic E-state index is -0.103. The summed E-state index contributed by atoms with van der Waals surface area (Å²) in [5.74, 6) is 0.391. The van der Waals surface area contributed by atoms with Crippen molar-refractivity contribution in [3.05, 3.63) is 63.9 Å². The van der Waals surface area contributed by atoms with Crippen LogP contribution in [0.25, 0.3) is 16.6 Å². The Kier molecular flexibility index (Phi) is 5.95. The van der Waals surface area contributed by atoms with Gasteiger partial charge in [-0.3, -0.25) is 14.2 Å². The third-order valence-corrected chi connectivity index (χ3v) is 6.71. The Hall–Kier alpha value is -2.60. The predicted octanol–water partition coefficient (Wildman–Crippen LogP) is 4.50. The molecular weight excluding hydrogens is 394 g/mol. The molecule has 4 rings (SSSR count). The highest BCUT2D eigenvalue weighted by Gasteiger charge is 2.24. The molecule has 0 spiro atoms. The van der Waals surface area contributed by atoms with Gasteiger partial charge >= 0.3 is 0 Å². The van der Waals surface area contributed by atoms with Crippen LogP contribution in [-0.2, 0) is 4.79 Å². The van der Waals surface area contributed by atoms with Crippen molar-refractivity contribution >= 4 is 28.6 Å². The lowest BCUT2D eigenvalue weighted by molar-refractivity contribution is -0.131. The van der Waals surface area contributed by atoms with E-state index < -0.39 is 0 Å². The maximum absolute atomic E-state index is 13.4. The van der Waals surface area contributed by atoms with Crippen LogP contribution in [0.3, 0.4) is 0 Å². The fraction of sp³-hybridized carbons (Fsp3) is 0.375. The highest BCUT2D eigenvalue weighted by molar-refractivity contribution is 7.99. The normalized spacial score (nSPS) is 16.8. The Bertz CT molecular complexity index is 1150. The van der Waals surface area contributed by atoms with Crippen molar-refractivity contribution in [1.82, 2.24) is 14.5 Å². The number of benzene rings is 2. The average molecular weight is 422 g/mol. The predicted molar refractivity (Wildman–Crippen MR) is 123 cm³/mol. The van der Waals surface area contributed by atoms with E-state index in [0.717, 1.165) is 36.2 Å². The maximum atomic E-state index is 13.4. The number of aromatic nitrogens is 2. The molecule has 30 heavy (non-hydrogen) atoms. The summed E-state index contributed by atoms with van der Waals surface area (Å²) in [7, 11) is 0. The number of likely N-dealkylation sites (tertiary alicyclic amines) is 1. The summed E-state index contributed by atoms with van der Waals surface area (Å²) in [6.45, 7) is 6.96. The molecule has 1 amide bonds. The van der Waals surface area contributed by atoms with Crippen LogP contribution in [0.5, 0.6) is 0 Å². The lowest BCUT2D eigenvalue weighted by Gasteiger charge is -2.33. The molecule has 1 fully saturated rings. The summed E-state index contributed by atoms with van der Waals surface area (Å²) >= 11 is 1.35. The summed E-state index contributed by atoms with van der Waals surface area (Å²) in [6, 6.07) is 13.7. The lowest BCUT2D eigenvalue weighted by Crippen LogP contribution is -2.43. The zero-order valence-electron chi connectivity index (χ0n) is 17.7. The molecule has 3 aromatic rings. The number of nitrogens with zero attached hydrogens (tertiary/aromatic N) is 3. The SMILES string of the molecule is Cc1ccc(-n2c(SCC(=O)N3CCCCC3C)nc3ccccc3c2=O)c(C)c1. The van der Waals surface area contributed by atoms with E-state index in [1.165, 1.54) is 18.2 Å². The molecule has 6 heteroatoms. The molecule has 0 N–H and O–H groups in total. The monoisotopic (exact) mass is 421 g/mol.